The number of rotatable bonds is 7. The number of aliphatic carboxylic acids is 1. The maximum Gasteiger partial charge on any atom is 0.430 e. The van der Waals surface area contributed by atoms with Gasteiger partial charge in [0, 0.05) is 6.42 Å². The number of carbonyl (C=O) groups is 2. The highest BCUT2D eigenvalue weighted by Crippen LogP contribution is 2.37. The van der Waals surface area contributed by atoms with Crippen molar-refractivity contribution in [1.82, 2.24) is 0 Å². The average molecular weight is 554 g/mol. The number of carboxylic acid groups (broad SMARTS) is 1. The Morgan fingerprint density at radius 1 is 1.08 bits per heavy atom. The first-order valence-corrected chi connectivity index (χ1v) is 13.0. The molecule has 1 fully saturated rings. The number of benzene rings is 1. The number of ether oxygens (including phenoxy) is 1. The molecule has 1 aliphatic rings. The van der Waals surface area contributed by atoms with E-state index in [1.165, 1.54) is 28.2 Å². The first kappa shape index (κ1) is 28.6. The normalized spacial score (nSPS) is 19.9. The summed E-state index contributed by atoms with van der Waals surface area (Å²) < 4.78 is 38.2. The third-order valence-electron chi connectivity index (χ3n) is 5.85. The molecule has 4 rings (SSSR count). The van der Waals surface area contributed by atoms with E-state index in [0.717, 1.165) is 30.5 Å². The van der Waals surface area contributed by atoms with Crippen LogP contribution in [0.2, 0.25) is 0 Å². The first-order valence-electron chi connectivity index (χ1n) is 11.3. The number of carboxylic acids is 1. The van der Waals surface area contributed by atoms with Crippen molar-refractivity contribution >= 4 is 40.7 Å². The fraction of sp³-hybridized carbons (Fsp3) is 0.308. The van der Waals surface area contributed by atoms with Crippen LogP contribution in [0.1, 0.15) is 21.7 Å². The van der Waals surface area contributed by atoms with Crippen molar-refractivity contribution in [2.75, 3.05) is 26.7 Å². The first-order chi connectivity index (χ1) is 17.4. The van der Waals surface area contributed by atoms with Crippen LogP contribution in [-0.4, -0.2) is 60.5 Å². The quantitative estimate of drug-likeness (QED) is 0.355. The van der Waals surface area contributed by atoms with Crippen molar-refractivity contribution in [3.05, 3.63) is 86.8 Å². The number of esters is 1. The minimum atomic E-state index is -5.19. The lowest BCUT2D eigenvalue weighted by Gasteiger charge is -2.29. The SMILES string of the molecule is C[N+]1(C/C=C/c2ccccc2)CCC(OC(=O)C(O)(c2cccs2)c2cccs2)C1.O=C([O-])C(F)(F)F. The molecule has 6 nitrogen and oxygen atoms in total. The van der Waals surface area contributed by atoms with Crippen LogP contribution in [0.15, 0.2) is 71.4 Å². The van der Waals surface area contributed by atoms with Gasteiger partial charge in [-0.25, -0.2) is 4.79 Å². The van der Waals surface area contributed by atoms with Gasteiger partial charge >= 0.3 is 12.1 Å². The summed E-state index contributed by atoms with van der Waals surface area (Å²) >= 11 is 2.73. The van der Waals surface area contributed by atoms with Crippen LogP contribution >= 0.6 is 22.7 Å². The molecule has 0 amide bonds. The highest BCUT2D eigenvalue weighted by Gasteiger charge is 2.46. The zero-order valence-corrected chi connectivity index (χ0v) is 21.5. The summed E-state index contributed by atoms with van der Waals surface area (Å²) in [4.78, 5) is 23.1. The minimum absolute atomic E-state index is 0.195. The number of alkyl halides is 3. The minimum Gasteiger partial charge on any atom is -0.542 e. The van der Waals surface area contributed by atoms with E-state index in [4.69, 9.17) is 14.6 Å². The maximum atomic E-state index is 13.1. The van der Waals surface area contributed by atoms with Crippen LogP contribution in [0, 0.1) is 0 Å². The van der Waals surface area contributed by atoms with E-state index < -0.39 is 23.7 Å². The molecule has 0 saturated carbocycles. The van der Waals surface area contributed by atoms with Gasteiger partial charge in [0.2, 0.25) is 5.60 Å². The van der Waals surface area contributed by atoms with E-state index in [2.05, 4.69) is 31.3 Å². The van der Waals surface area contributed by atoms with Gasteiger partial charge in [-0.1, -0.05) is 48.5 Å². The second-order valence-corrected chi connectivity index (χ2v) is 10.7. The molecule has 1 aliphatic heterocycles. The maximum absolute atomic E-state index is 13.1. The molecule has 0 bridgehead atoms. The lowest BCUT2D eigenvalue weighted by atomic mass is 10.00. The van der Waals surface area contributed by atoms with Crippen LogP contribution in [0.4, 0.5) is 13.2 Å². The Labute approximate surface area is 220 Å². The fourth-order valence-electron chi connectivity index (χ4n) is 3.93. The van der Waals surface area contributed by atoms with Crippen molar-refractivity contribution in [3.8, 4) is 0 Å². The number of hydrogen-bond donors (Lipinski definition) is 1. The van der Waals surface area contributed by atoms with Crippen molar-refractivity contribution in [3.63, 3.8) is 0 Å². The van der Waals surface area contributed by atoms with Crippen LogP contribution in [0.3, 0.4) is 0 Å². The van der Waals surface area contributed by atoms with Crippen LogP contribution < -0.4 is 5.11 Å². The van der Waals surface area contributed by atoms with E-state index in [1.54, 1.807) is 12.1 Å². The van der Waals surface area contributed by atoms with E-state index in [9.17, 15) is 23.1 Å². The fourth-order valence-corrected chi connectivity index (χ4v) is 5.64. The molecule has 2 unspecified atom stereocenters. The zero-order chi connectivity index (χ0) is 27.1. The molecule has 11 heteroatoms. The van der Waals surface area contributed by atoms with Gasteiger partial charge in [0.15, 0.2) is 6.10 Å². The smallest absolute Gasteiger partial charge is 0.430 e. The average Bonchev–Trinajstić information content (AvgIpc) is 3.62. The molecule has 1 aromatic carbocycles. The Kier molecular flexibility index (Phi) is 9.30. The number of halogens is 3. The monoisotopic (exact) mass is 553 g/mol. The van der Waals surface area contributed by atoms with Crippen LogP contribution in [0.5, 0.6) is 0 Å². The van der Waals surface area contributed by atoms with Gasteiger partial charge in [-0.15, -0.1) is 22.7 Å². The summed E-state index contributed by atoms with van der Waals surface area (Å²) in [5.41, 5.74) is -0.551. The topological polar surface area (TPSA) is 86.7 Å². The van der Waals surface area contributed by atoms with Gasteiger partial charge in [0.1, 0.15) is 12.5 Å². The van der Waals surface area contributed by atoms with Crippen molar-refractivity contribution in [2.45, 2.75) is 24.3 Å². The van der Waals surface area contributed by atoms with Crippen molar-refractivity contribution in [1.29, 1.82) is 0 Å². The number of carbonyl (C=O) groups excluding carboxylic acids is 2. The second-order valence-electron chi connectivity index (χ2n) is 8.79. The van der Waals surface area contributed by atoms with Crippen molar-refractivity contribution in [2.24, 2.45) is 0 Å². The number of hydrogen-bond acceptors (Lipinski definition) is 7. The van der Waals surface area contributed by atoms with E-state index in [0.29, 0.717) is 9.75 Å². The number of aliphatic hydroxyl groups is 1. The molecule has 0 spiro atoms. The predicted octanol–water partition coefficient (Wildman–Crippen LogP) is 3.82. The molecule has 3 heterocycles. The Morgan fingerprint density at radius 3 is 2.14 bits per heavy atom. The van der Waals surface area contributed by atoms with Gasteiger partial charge in [0.25, 0.3) is 0 Å². The molecule has 2 aromatic heterocycles. The summed E-state index contributed by atoms with van der Waals surface area (Å²) in [5.74, 6) is -3.59. The molecule has 3 aromatic rings. The summed E-state index contributed by atoms with van der Waals surface area (Å²) in [6.45, 7) is 2.56. The molecule has 2 atom stereocenters. The molecule has 1 saturated heterocycles. The highest BCUT2D eigenvalue weighted by atomic mass is 32.1. The molecule has 0 aliphatic carbocycles. The molecule has 37 heavy (non-hydrogen) atoms. The predicted molar refractivity (Wildman–Crippen MR) is 133 cm³/mol. The number of quaternary nitrogens is 1. The highest BCUT2D eigenvalue weighted by molar-refractivity contribution is 7.12. The van der Waals surface area contributed by atoms with Gasteiger partial charge in [0.05, 0.1) is 29.9 Å². The number of thiophene rings is 2. The summed E-state index contributed by atoms with van der Waals surface area (Å²) in [6, 6.07) is 17.5. The summed E-state index contributed by atoms with van der Waals surface area (Å²) in [6.07, 6.45) is -0.270. The van der Waals surface area contributed by atoms with E-state index >= 15 is 0 Å². The number of likely N-dealkylation sites (tertiary alicyclic amines) is 1. The van der Waals surface area contributed by atoms with Crippen molar-refractivity contribution < 1.29 is 42.2 Å². The molecule has 198 valence electrons. The molecule has 0 radical (unpaired) electrons. The standard InChI is InChI=1S/C24H26NO3S2.C2HF3O2/c1-25(14-5-10-19-8-3-2-4-9-19)15-13-20(18-25)28-23(26)24(27,21-11-6-16-29-21)22-12-7-17-30-22;3-2(4,5)1(6)7/h2-12,16-17,20,27H,13-15,18H2,1H3;(H,6,7)/q+1;/p-1/b10-5+;. The van der Waals surface area contributed by atoms with E-state index in [-0.39, 0.29) is 6.10 Å². The summed E-state index contributed by atoms with van der Waals surface area (Å²) in [7, 11) is 2.19. The Balaban J connectivity index is 0.000000479. The third-order valence-corrected chi connectivity index (χ3v) is 7.80. The second kappa shape index (κ2) is 12.0. The Hall–Kier alpha value is -2.99. The van der Waals surface area contributed by atoms with Gasteiger partial charge < -0.3 is 24.2 Å². The van der Waals surface area contributed by atoms with E-state index in [1.807, 2.05) is 41.1 Å². The molecular weight excluding hydrogens is 527 g/mol. The van der Waals surface area contributed by atoms with Gasteiger partial charge in [-0.2, -0.15) is 13.2 Å². The molecule has 1 N–H and O–H groups in total. The largest absolute Gasteiger partial charge is 0.542 e. The lowest BCUT2D eigenvalue weighted by molar-refractivity contribution is -0.893. The summed E-state index contributed by atoms with van der Waals surface area (Å²) in [5, 5.41) is 23.9. The third kappa shape index (κ3) is 7.51. The van der Waals surface area contributed by atoms with Crippen LogP contribution in [0.25, 0.3) is 6.08 Å². The van der Waals surface area contributed by atoms with Gasteiger partial charge in [-0.05, 0) is 34.5 Å². The van der Waals surface area contributed by atoms with Gasteiger partial charge in [-0.3, -0.25) is 0 Å². The number of nitrogens with zero attached hydrogens (tertiary/aromatic N) is 1. The number of likely N-dealkylation sites (N-methyl/N-ethyl adjacent to an activating group) is 1. The Morgan fingerprint density at radius 2 is 1.65 bits per heavy atom. The lowest BCUT2D eigenvalue weighted by Crippen LogP contribution is -2.44. The zero-order valence-electron chi connectivity index (χ0n) is 19.9. The Bertz CT molecular complexity index is 1150. The van der Waals surface area contributed by atoms with Crippen LogP contribution in [-0.2, 0) is 19.9 Å². The molecular formula is C26H26F3NO5S2.